The van der Waals surface area contributed by atoms with Gasteiger partial charge in [0.15, 0.2) is 0 Å². The van der Waals surface area contributed by atoms with Crippen LogP contribution in [0.2, 0.25) is 5.02 Å². The molecule has 1 heterocycles. The van der Waals surface area contributed by atoms with Crippen LogP contribution in [0.3, 0.4) is 0 Å². The lowest BCUT2D eigenvalue weighted by Crippen LogP contribution is -2.51. The second-order valence-corrected chi connectivity index (χ2v) is 9.83. The molecule has 0 bridgehead atoms. The first kappa shape index (κ1) is 26.4. The van der Waals surface area contributed by atoms with E-state index in [1.165, 1.54) is 0 Å². The highest BCUT2D eigenvalue weighted by Gasteiger charge is 2.30. The average molecular weight is 512 g/mol. The molecule has 0 radical (unpaired) electrons. The number of piperazine rings is 1. The Balaban J connectivity index is 1.44. The molecule has 36 heavy (non-hydrogen) atoms. The second kappa shape index (κ2) is 12.0. The molecule has 1 N–H and O–H groups in total. The highest BCUT2D eigenvalue weighted by atomic mass is 35.5. The minimum atomic E-state index is -0.594. The van der Waals surface area contributed by atoms with Crippen LogP contribution in [-0.2, 0) is 6.54 Å². The van der Waals surface area contributed by atoms with E-state index in [4.69, 9.17) is 16.3 Å². The number of ether oxygens (including phenoxy) is 1. The van der Waals surface area contributed by atoms with Crippen molar-refractivity contribution in [1.82, 2.24) is 9.80 Å². The zero-order chi connectivity index (χ0) is 25.7. The summed E-state index contributed by atoms with van der Waals surface area (Å²) in [5.74, 6) is 0.643. The zero-order valence-electron chi connectivity index (χ0n) is 20.9. The third-order valence-corrected chi connectivity index (χ3v) is 7.54. The summed E-state index contributed by atoms with van der Waals surface area (Å²) in [4.78, 5) is 15.3. The normalized spacial score (nSPS) is 16.7. The molecule has 1 aliphatic heterocycles. The Labute approximate surface area is 217 Å². The van der Waals surface area contributed by atoms with Crippen molar-refractivity contribution in [2.24, 2.45) is 0 Å². The summed E-state index contributed by atoms with van der Waals surface area (Å²) in [5, 5.41) is 24.9. The molecule has 3 aromatic carbocycles. The lowest BCUT2D eigenvalue weighted by molar-refractivity contribution is -0.384. The van der Waals surface area contributed by atoms with Crippen LogP contribution in [0, 0.1) is 10.1 Å². The Bertz CT molecular complexity index is 1180. The first-order valence-electron chi connectivity index (χ1n) is 12.5. The summed E-state index contributed by atoms with van der Waals surface area (Å²) in [5.41, 5.74) is 2.09. The Morgan fingerprint density at radius 3 is 2.44 bits per heavy atom. The average Bonchev–Trinajstić information content (AvgIpc) is 2.90. The number of methoxy groups -OCH3 is 1. The molecule has 1 aliphatic rings. The van der Waals surface area contributed by atoms with Gasteiger partial charge in [0.25, 0.3) is 5.69 Å². The summed E-state index contributed by atoms with van der Waals surface area (Å²) < 4.78 is 5.33. The van der Waals surface area contributed by atoms with Crippen LogP contribution < -0.4 is 4.74 Å². The van der Waals surface area contributed by atoms with Crippen molar-refractivity contribution in [2.75, 3.05) is 33.3 Å². The highest BCUT2D eigenvalue weighted by molar-refractivity contribution is 6.37. The molecule has 3 aromatic rings. The van der Waals surface area contributed by atoms with Gasteiger partial charge in [0.1, 0.15) is 5.75 Å². The van der Waals surface area contributed by atoms with Crippen LogP contribution in [-0.4, -0.2) is 59.2 Å². The van der Waals surface area contributed by atoms with Crippen LogP contribution in [0.4, 0.5) is 5.69 Å². The predicted octanol–water partition coefficient (Wildman–Crippen LogP) is 5.82. The molecule has 8 heteroatoms. The smallest absolute Gasteiger partial charge is 0.269 e. The van der Waals surface area contributed by atoms with E-state index < -0.39 is 6.10 Å². The van der Waals surface area contributed by atoms with Gasteiger partial charge in [0.05, 0.1) is 23.2 Å². The van der Waals surface area contributed by atoms with E-state index in [1.807, 2.05) is 42.5 Å². The van der Waals surface area contributed by atoms with Gasteiger partial charge in [-0.15, -0.1) is 0 Å². The first-order valence-corrected chi connectivity index (χ1v) is 12.9. The van der Waals surface area contributed by atoms with E-state index >= 15 is 0 Å². The number of aliphatic hydroxyl groups excluding tert-OH is 1. The van der Waals surface area contributed by atoms with Crippen molar-refractivity contribution in [3.05, 3.63) is 80.9 Å². The largest absolute Gasteiger partial charge is 0.495 e. The van der Waals surface area contributed by atoms with E-state index in [1.54, 1.807) is 19.2 Å². The summed E-state index contributed by atoms with van der Waals surface area (Å²) in [7, 11) is 1.61. The number of nitrogens with zero attached hydrogens (tertiary/aromatic N) is 3. The number of fused-ring (bicyclic) bond motifs is 1. The van der Waals surface area contributed by atoms with Gasteiger partial charge >= 0.3 is 0 Å². The summed E-state index contributed by atoms with van der Waals surface area (Å²) in [6.07, 6.45) is 2.47. The molecule has 0 aromatic heterocycles. The first-order chi connectivity index (χ1) is 17.4. The van der Waals surface area contributed by atoms with Crippen LogP contribution in [0.5, 0.6) is 5.75 Å². The van der Waals surface area contributed by atoms with Crippen molar-refractivity contribution in [3.8, 4) is 5.75 Å². The molecule has 0 unspecified atom stereocenters. The Morgan fingerprint density at radius 2 is 1.81 bits per heavy atom. The predicted molar refractivity (Wildman–Crippen MR) is 144 cm³/mol. The molecule has 192 valence electrons. The molecule has 0 saturated carbocycles. The molecular formula is C28H34ClN3O4. The lowest BCUT2D eigenvalue weighted by Gasteiger charge is -2.41. The molecule has 1 fully saturated rings. The number of halogens is 1. The number of rotatable bonds is 10. The molecule has 7 nitrogen and oxygen atoms in total. The molecule has 2 atom stereocenters. The van der Waals surface area contributed by atoms with Gasteiger partial charge in [-0.2, -0.15) is 0 Å². The fourth-order valence-corrected chi connectivity index (χ4v) is 5.35. The molecule has 0 amide bonds. The van der Waals surface area contributed by atoms with Crippen molar-refractivity contribution in [1.29, 1.82) is 0 Å². The Morgan fingerprint density at radius 1 is 1.08 bits per heavy atom. The van der Waals surface area contributed by atoms with Crippen LogP contribution in [0.1, 0.15) is 43.4 Å². The summed E-state index contributed by atoms with van der Waals surface area (Å²) >= 11 is 6.49. The topological polar surface area (TPSA) is 79.1 Å². The van der Waals surface area contributed by atoms with Crippen molar-refractivity contribution in [2.45, 2.75) is 44.9 Å². The number of hydrogen-bond acceptors (Lipinski definition) is 6. The van der Waals surface area contributed by atoms with Gasteiger partial charge in [-0.1, -0.05) is 61.7 Å². The summed E-state index contributed by atoms with van der Waals surface area (Å²) in [6, 6.07) is 16.7. The maximum Gasteiger partial charge on any atom is 0.269 e. The van der Waals surface area contributed by atoms with E-state index in [0.717, 1.165) is 73.9 Å². The van der Waals surface area contributed by atoms with E-state index in [9.17, 15) is 15.2 Å². The van der Waals surface area contributed by atoms with Gasteiger partial charge in [-0.25, -0.2) is 0 Å². The van der Waals surface area contributed by atoms with Crippen LogP contribution in [0.25, 0.3) is 10.8 Å². The monoisotopic (exact) mass is 511 g/mol. The zero-order valence-corrected chi connectivity index (χ0v) is 21.7. The van der Waals surface area contributed by atoms with Gasteiger partial charge in [-0.3, -0.25) is 19.9 Å². The van der Waals surface area contributed by atoms with Crippen molar-refractivity contribution in [3.63, 3.8) is 0 Å². The van der Waals surface area contributed by atoms with E-state index in [0.29, 0.717) is 10.8 Å². The molecular weight excluding hydrogens is 478 g/mol. The van der Waals surface area contributed by atoms with E-state index in [-0.39, 0.29) is 16.7 Å². The van der Waals surface area contributed by atoms with Crippen molar-refractivity contribution >= 4 is 28.1 Å². The highest BCUT2D eigenvalue weighted by Crippen LogP contribution is 2.35. The maximum absolute atomic E-state index is 11.5. The van der Waals surface area contributed by atoms with Gasteiger partial charge < -0.3 is 9.84 Å². The second-order valence-electron chi connectivity index (χ2n) is 9.45. The standard InChI is InChI=1S/C28H34ClN3O4/c1-3-4-5-25(28(33)22-8-12-24-21(18-22)9-13-26(36-2)27(24)29)31-16-14-30(15-17-31)19-20-6-10-23(11-7-20)32(34)35/h6-13,18,25,28,33H,3-5,14-17,19H2,1-2H3/t25-,28+/m0/s1. The number of nitro groups is 1. The Hall–Kier alpha value is -2.71. The van der Waals surface area contributed by atoms with Gasteiger partial charge in [-0.05, 0) is 35.1 Å². The SMILES string of the molecule is CCCC[C@@H]([C@H](O)c1ccc2c(Cl)c(OC)ccc2c1)N1CCN(Cc2ccc([N+](=O)[O-])cc2)CC1. The fraction of sp³-hybridized carbons (Fsp3) is 0.429. The van der Waals surface area contributed by atoms with Gasteiger partial charge in [0, 0.05) is 56.3 Å². The third kappa shape index (κ3) is 5.98. The Kier molecular flexibility index (Phi) is 8.80. The third-order valence-electron chi connectivity index (χ3n) is 7.15. The molecule has 1 saturated heterocycles. The minimum absolute atomic E-state index is 0.0395. The molecule has 4 rings (SSSR count). The number of nitro benzene ring substituents is 1. The quantitative estimate of drug-likeness (QED) is 0.273. The number of aliphatic hydroxyl groups is 1. The number of non-ortho nitro benzene ring substituents is 1. The number of unbranched alkanes of at least 4 members (excludes halogenated alkanes) is 1. The lowest BCUT2D eigenvalue weighted by atomic mass is 9.94. The van der Waals surface area contributed by atoms with Crippen LogP contribution >= 0.6 is 11.6 Å². The van der Waals surface area contributed by atoms with E-state index in [2.05, 4.69) is 16.7 Å². The molecule has 0 aliphatic carbocycles. The fourth-order valence-electron chi connectivity index (χ4n) is 5.04. The molecule has 0 spiro atoms. The van der Waals surface area contributed by atoms with Gasteiger partial charge in [0.2, 0.25) is 0 Å². The summed E-state index contributed by atoms with van der Waals surface area (Å²) in [6.45, 7) is 6.46. The maximum atomic E-state index is 11.5. The van der Waals surface area contributed by atoms with Crippen molar-refractivity contribution < 1.29 is 14.8 Å². The van der Waals surface area contributed by atoms with Crippen LogP contribution in [0.15, 0.2) is 54.6 Å². The number of benzene rings is 3. The minimum Gasteiger partial charge on any atom is -0.495 e. The number of hydrogen-bond donors (Lipinski definition) is 1.